The number of nitrogens with two attached hydrogens (primary N) is 1. The van der Waals surface area contributed by atoms with Crippen LogP contribution in [0.4, 0.5) is 4.39 Å². The highest BCUT2D eigenvalue weighted by molar-refractivity contribution is 5.96. The van der Waals surface area contributed by atoms with E-state index < -0.39 is 11.5 Å². The summed E-state index contributed by atoms with van der Waals surface area (Å²) in [5, 5.41) is 0. The predicted molar refractivity (Wildman–Crippen MR) is 126 cm³/mol. The van der Waals surface area contributed by atoms with Gasteiger partial charge < -0.3 is 15.2 Å². The number of amidine groups is 1. The lowest BCUT2D eigenvalue weighted by molar-refractivity contribution is 0.0511. The molecule has 166 valence electrons. The number of aliphatic imine (C=N–C) groups is 2. The molecule has 1 atom stereocenters. The molecule has 1 aromatic heterocycles. The van der Waals surface area contributed by atoms with Crippen LogP contribution in [-0.4, -0.2) is 38.0 Å². The summed E-state index contributed by atoms with van der Waals surface area (Å²) in [5.74, 6) is 0.433. The van der Waals surface area contributed by atoms with Crippen LogP contribution in [0.2, 0.25) is 0 Å². The summed E-state index contributed by atoms with van der Waals surface area (Å²) in [7, 11) is 3.20. The number of hydrogen-bond donors (Lipinski definition) is 1. The number of benzene rings is 2. The maximum absolute atomic E-state index is 14.4. The van der Waals surface area contributed by atoms with Gasteiger partial charge in [0.05, 0.1) is 0 Å². The van der Waals surface area contributed by atoms with Crippen molar-refractivity contribution in [2.24, 2.45) is 15.7 Å². The third-order valence-electron chi connectivity index (χ3n) is 5.05. The molecule has 32 heavy (non-hydrogen) atoms. The maximum Gasteiger partial charge on any atom is 0.220 e. The van der Waals surface area contributed by atoms with Crippen LogP contribution in [0.5, 0.6) is 5.75 Å². The Bertz CT molecular complexity index is 1100. The van der Waals surface area contributed by atoms with Crippen LogP contribution in [-0.2, 0) is 10.3 Å². The Morgan fingerprint density at radius 2 is 1.91 bits per heavy atom. The zero-order chi connectivity index (χ0) is 23.0. The van der Waals surface area contributed by atoms with Crippen molar-refractivity contribution in [1.82, 2.24) is 4.98 Å². The molecule has 1 heterocycles. The minimum atomic E-state index is -1.08. The van der Waals surface area contributed by atoms with Crippen molar-refractivity contribution in [1.29, 1.82) is 0 Å². The number of rotatable bonds is 9. The Balaban J connectivity index is 2.21. The molecule has 0 radical (unpaired) electrons. The third-order valence-corrected chi connectivity index (χ3v) is 5.05. The molecule has 0 saturated heterocycles. The first-order chi connectivity index (χ1) is 15.6. The highest BCUT2D eigenvalue weighted by Gasteiger charge is 2.38. The van der Waals surface area contributed by atoms with Gasteiger partial charge in [0, 0.05) is 32.1 Å². The molecular weight excluding hydrogens is 407 g/mol. The summed E-state index contributed by atoms with van der Waals surface area (Å²) in [6, 6.07) is 18.3. The lowest BCUT2D eigenvalue weighted by Crippen LogP contribution is -2.41. The summed E-state index contributed by atoms with van der Waals surface area (Å²) in [6.45, 7) is 2.15. The fourth-order valence-electron chi connectivity index (χ4n) is 3.50. The first-order valence-corrected chi connectivity index (χ1v) is 10.3. The fraction of sp³-hybridized carbons (Fsp3) is 0.240. The summed E-state index contributed by atoms with van der Waals surface area (Å²) in [6.07, 6.45) is 3.95. The molecule has 0 bridgehead atoms. The van der Waals surface area contributed by atoms with E-state index in [1.165, 1.54) is 6.20 Å². The fourth-order valence-corrected chi connectivity index (χ4v) is 3.50. The van der Waals surface area contributed by atoms with Gasteiger partial charge in [-0.1, -0.05) is 37.3 Å². The number of methoxy groups -OCH3 is 1. The highest BCUT2D eigenvalue weighted by atomic mass is 19.1. The van der Waals surface area contributed by atoms with E-state index >= 15 is 0 Å². The van der Waals surface area contributed by atoms with E-state index in [0.29, 0.717) is 29.1 Å². The average molecular weight is 435 g/mol. The summed E-state index contributed by atoms with van der Waals surface area (Å²) >= 11 is 0. The molecule has 3 rings (SSSR count). The van der Waals surface area contributed by atoms with Crippen LogP contribution in [0.15, 0.2) is 76.8 Å². The standard InChI is InChI=1S/C25H27FN4O2/c1-4-14-30-25(24(27)28-2,19-10-12-21(13-11-19)32-17-31-3)20-8-5-7-18(16-20)22-9-6-15-29-23(22)26/h5-16H,4,17H2,1-3H3,(H2,27,28). The van der Waals surface area contributed by atoms with Gasteiger partial charge in [-0.05, 0) is 53.4 Å². The van der Waals surface area contributed by atoms with E-state index in [1.807, 2.05) is 61.7 Å². The van der Waals surface area contributed by atoms with E-state index in [0.717, 1.165) is 11.1 Å². The number of nitrogens with zero attached hydrogens (tertiary/aromatic N) is 3. The lowest BCUT2D eigenvalue weighted by atomic mass is 9.81. The van der Waals surface area contributed by atoms with Gasteiger partial charge >= 0.3 is 0 Å². The Kier molecular flexibility index (Phi) is 7.68. The molecule has 6 nitrogen and oxygen atoms in total. The third kappa shape index (κ3) is 4.68. The summed E-state index contributed by atoms with van der Waals surface area (Å²) in [4.78, 5) is 13.0. The zero-order valence-corrected chi connectivity index (χ0v) is 18.5. The molecule has 2 N–H and O–H groups in total. The van der Waals surface area contributed by atoms with Crippen molar-refractivity contribution >= 4 is 12.1 Å². The monoisotopic (exact) mass is 434 g/mol. The normalized spacial score (nSPS) is 13.8. The van der Waals surface area contributed by atoms with Gasteiger partial charge in [0.15, 0.2) is 12.3 Å². The van der Waals surface area contributed by atoms with Crippen molar-refractivity contribution in [3.8, 4) is 16.9 Å². The molecular formula is C25H27FN4O2. The molecule has 0 saturated carbocycles. The second-order valence-corrected chi connectivity index (χ2v) is 7.04. The van der Waals surface area contributed by atoms with Gasteiger partial charge in [-0.2, -0.15) is 4.39 Å². The largest absolute Gasteiger partial charge is 0.468 e. The molecule has 0 spiro atoms. The first kappa shape index (κ1) is 23.1. The van der Waals surface area contributed by atoms with Gasteiger partial charge in [-0.15, -0.1) is 0 Å². The zero-order valence-electron chi connectivity index (χ0n) is 18.5. The van der Waals surface area contributed by atoms with Gasteiger partial charge in [0.1, 0.15) is 11.6 Å². The van der Waals surface area contributed by atoms with E-state index in [1.54, 1.807) is 26.3 Å². The smallest absolute Gasteiger partial charge is 0.220 e. The number of aromatic nitrogens is 1. The second kappa shape index (κ2) is 10.6. The molecule has 7 heteroatoms. The average Bonchev–Trinajstić information content (AvgIpc) is 2.84. The molecule has 0 aliphatic rings. The molecule has 3 aromatic rings. The topological polar surface area (TPSA) is 82.1 Å². The molecule has 2 aromatic carbocycles. The Morgan fingerprint density at radius 3 is 2.56 bits per heavy atom. The van der Waals surface area contributed by atoms with Crippen molar-refractivity contribution in [3.63, 3.8) is 0 Å². The lowest BCUT2D eigenvalue weighted by Gasteiger charge is -2.31. The van der Waals surface area contributed by atoms with Crippen LogP contribution < -0.4 is 10.5 Å². The molecule has 0 fully saturated rings. The molecule has 0 aliphatic carbocycles. The van der Waals surface area contributed by atoms with Gasteiger partial charge in [-0.3, -0.25) is 9.98 Å². The van der Waals surface area contributed by atoms with Gasteiger partial charge in [-0.25, -0.2) is 4.98 Å². The molecule has 0 aliphatic heterocycles. The Labute approximate surface area is 187 Å². The molecule has 0 amide bonds. The van der Waals surface area contributed by atoms with E-state index in [2.05, 4.69) is 9.98 Å². The predicted octanol–water partition coefficient (Wildman–Crippen LogP) is 4.58. The number of ether oxygens (including phenoxy) is 2. The second-order valence-electron chi connectivity index (χ2n) is 7.04. The minimum Gasteiger partial charge on any atom is -0.468 e. The van der Waals surface area contributed by atoms with Crippen LogP contribution in [0.3, 0.4) is 0 Å². The van der Waals surface area contributed by atoms with Crippen molar-refractivity contribution in [2.75, 3.05) is 21.0 Å². The van der Waals surface area contributed by atoms with Gasteiger partial charge in [0.25, 0.3) is 0 Å². The van der Waals surface area contributed by atoms with Crippen molar-refractivity contribution in [2.45, 2.75) is 18.9 Å². The molecule has 1 unspecified atom stereocenters. The Morgan fingerprint density at radius 1 is 1.12 bits per heavy atom. The van der Waals surface area contributed by atoms with Crippen LogP contribution in [0.1, 0.15) is 24.5 Å². The maximum atomic E-state index is 14.4. The highest BCUT2D eigenvalue weighted by Crippen LogP contribution is 2.37. The van der Waals surface area contributed by atoms with Crippen molar-refractivity contribution in [3.05, 3.63) is 83.9 Å². The quantitative estimate of drug-likeness (QED) is 0.231. The van der Waals surface area contributed by atoms with E-state index in [9.17, 15) is 4.39 Å². The number of pyridine rings is 1. The minimum absolute atomic E-state index is 0.149. The Hall–Kier alpha value is -3.58. The summed E-state index contributed by atoms with van der Waals surface area (Å²) < 4.78 is 24.9. The number of hydrogen-bond acceptors (Lipinski definition) is 5. The number of halogens is 1. The van der Waals surface area contributed by atoms with E-state index in [4.69, 9.17) is 20.2 Å². The van der Waals surface area contributed by atoms with Gasteiger partial charge in [0.2, 0.25) is 5.95 Å². The van der Waals surface area contributed by atoms with Crippen LogP contribution >= 0.6 is 0 Å². The SMILES string of the molecule is CCC=NC(C(N)=NC)(c1ccc(OCOC)cc1)c1cccc(-c2cccnc2F)c1. The summed E-state index contributed by atoms with van der Waals surface area (Å²) in [5.41, 5.74) is 8.05. The van der Waals surface area contributed by atoms with Crippen LogP contribution in [0.25, 0.3) is 11.1 Å². The van der Waals surface area contributed by atoms with E-state index in [-0.39, 0.29) is 6.79 Å². The van der Waals surface area contributed by atoms with Crippen LogP contribution in [0, 0.1) is 5.95 Å². The first-order valence-electron chi connectivity index (χ1n) is 10.3. The van der Waals surface area contributed by atoms with Crippen molar-refractivity contribution < 1.29 is 13.9 Å².